The number of rotatable bonds is 10. The lowest BCUT2D eigenvalue weighted by Crippen LogP contribution is -2.52. The molecule has 0 aromatic heterocycles. The maximum atomic E-state index is 15.4. The van der Waals surface area contributed by atoms with Gasteiger partial charge >= 0.3 is 0 Å². The van der Waals surface area contributed by atoms with E-state index in [2.05, 4.69) is 0 Å². The number of carbonyl (C=O) groups excluding carboxylic acids is 2. The minimum Gasteiger partial charge on any atom is -0.393 e. The van der Waals surface area contributed by atoms with Crippen molar-refractivity contribution in [1.82, 2.24) is 4.90 Å². The van der Waals surface area contributed by atoms with E-state index in [1.807, 2.05) is 116 Å². The Morgan fingerprint density at radius 2 is 1.24 bits per heavy atom. The van der Waals surface area contributed by atoms with Crippen LogP contribution < -0.4 is 5.73 Å². The number of amides is 2. The predicted octanol–water partition coefficient (Wildman–Crippen LogP) is 4.50. The number of nitrogens with two attached hydrogens (primary N) is 1. The average Bonchev–Trinajstić information content (AvgIpc) is 3.56. The summed E-state index contributed by atoms with van der Waals surface area (Å²) in [5.74, 6) is -1.60. The third-order valence-corrected chi connectivity index (χ3v) is 9.75. The molecule has 4 aromatic rings. The van der Waals surface area contributed by atoms with Crippen LogP contribution in [0.15, 0.2) is 109 Å². The molecule has 6 rings (SSSR count). The zero-order valence-corrected chi connectivity index (χ0v) is 25.4. The van der Waals surface area contributed by atoms with Gasteiger partial charge in [-0.2, -0.15) is 0 Å². The summed E-state index contributed by atoms with van der Waals surface area (Å²) in [6.07, 6.45) is -2.02. The minimum absolute atomic E-state index is 0.00210. The largest absolute Gasteiger partial charge is 0.393 e. The third-order valence-electron chi connectivity index (χ3n) is 9.75. The summed E-state index contributed by atoms with van der Waals surface area (Å²) in [5, 5.41) is 34.8. The van der Waals surface area contributed by atoms with E-state index in [-0.39, 0.29) is 18.7 Å². The standard InChI is InChI=1S/C38H40N2O5/c1-38(27-16-6-3-7-17-27,23-28(41)22-31(36(39)44)24-12-4-2-5-13-24)37(45)40(34-29-18-10-8-14-25(29)20-32(34)42)35-30-19-11-9-15-26(30)21-33(35)43/h2-19,28,31-35,41-43H,20-23H2,1H3,(H2,39,44)/t28-,31?,32-,33-,34+,35+,38-/m1/s1. The van der Waals surface area contributed by atoms with Gasteiger partial charge in [0.15, 0.2) is 0 Å². The van der Waals surface area contributed by atoms with Gasteiger partial charge in [-0.1, -0.05) is 109 Å². The third kappa shape index (κ3) is 5.79. The summed E-state index contributed by atoms with van der Waals surface area (Å²) in [4.78, 5) is 29.6. The van der Waals surface area contributed by atoms with Crippen LogP contribution in [0.1, 0.15) is 71.1 Å². The second-order valence-electron chi connectivity index (χ2n) is 12.7. The zero-order chi connectivity index (χ0) is 31.7. The van der Waals surface area contributed by atoms with Crippen molar-refractivity contribution in [3.8, 4) is 0 Å². The van der Waals surface area contributed by atoms with Crippen molar-refractivity contribution in [1.29, 1.82) is 0 Å². The van der Waals surface area contributed by atoms with Gasteiger partial charge in [0.2, 0.25) is 11.8 Å². The highest BCUT2D eigenvalue weighted by molar-refractivity contribution is 5.89. The Morgan fingerprint density at radius 1 is 0.778 bits per heavy atom. The van der Waals surface area contributed by atoms with Gasteiger partial charge in [0.05, 0.1) is 41.7 Å². The molecule has 2 amide bonds. The van der Waals surface area contributed by atoms with Gasteiger partial charge in [0.25, 0.3) is 0 Å². The first-order chi connectivity index (χ1) is 21.7. The van der Waals surface area contributed by atoms with Crippen molar-refractivity contribution in [2.24, 2.45) is 5.73 Å². The van der Waals surface area contributed by atoms with Gasteiger partial charge in [-0.15, -0.1) is 0 Å². The monoisotopic (exact) mass is 604 g/mol. The fourth-order valence-corrected chi connectivity index (χ4v) is 7.55. The number of aliphatic hydroxyl groups excluding tert-OH is 3. The lowest BCUT2D eigenvalue weighted by molar-refractivity contribution is -0.150. The number of carbonyl (C=O) groups is 2. The van der Waals surface area contributed by atoms with Crippen LogP contribution >= 0.6 is 0 Å². The Morgan fingerprint density at radius 3 is 1.76 bits per heavy atom. The molecule has 2 aliphatic rings. The van der Waals surface area contributed by atoms with Gasteiger partial charge in [-0.3, -0.25) is 9.59 Å². The molecule has 0 saturated carbocycles. The molecule has 7 heteroatoms. The Hall–Kier alpha value is -4.30. The molecule has 45 heavy (non-hydrogen) atoms. The first kappa shape index (κ1) is 30.7. The minimum atomic E-state index is -1.28. The molecule has 0 heterocycles. The van der Waals surface area contributed by atoms with E-state index >= 15 is 4.79 Å². The fraction of sp³-hybridized carbons (Fsp3) is 0.316. The number of aliphatic hydroxyl groups is 3. The summed E-state index contributed by atoms with van der Waals surface area (Å²) in [7, 11) is 0. The Kier molecular flexibility index (Phi) is 8.60. The smallest absolute Gasteiger partial charge is 0.234 e. The molecule has 0 bridgehead atoms. The van der Waals surface area contributed by atoms with Crippen LogP contribution in [-0.2, 0) is 27.8 Å². The van der Waals surface area contributed by atoms with Crippen molar-refractivity contribution < 1.29 is 24.9 Å². The second kappa shape index (κ2) is 12.6. The van der Waals surface area contributed by atoms with Crippen molar-refractivity contribution in [2.45, 2.75) is 74.3 Å². The Labute approximate surface area is 264 Å². The molecule has 1 unspecified atom stereocenters. The Balaban J connectivity index is 1.44. The zero-order valence-electron chi connectivity index (χ0n) is 25.4. The topological polar surface area (TPSA) is 124 Å². The molecule has 0 fully saturated rings. The van der Waals surface area contributed by atoms with Crippen molar-refractivity contribution in [3.63, 3.8) is 0 Å². The SMILES string of the molecule is C[C@](C[C@H](O)CC(C(N)=O)c1ccccc1)(C(=O)N([C@H]1c2ccccc2C[C@H]1O)[C@H]1c2ccccc2C[C@H]1O)c1ccccc1. The molecule has 0 saturated heterocycles. The van der Waals surface area contributed by atoms with E-state index in [1.165, 1.54) is 0 Å². The van der Waals surface area contributed by atoms with Gasteiger partial charge < -0.3 is 26.0 Å². The summed E-state index contributed by atoms with van der Waals surface area (Å²) in [6.45, 7) is 1.81. The molecule has 232 valence electrons. The Bertz CT molecular complexity index is 1600. The molecule has 0 radical (unpaired) electrons. The molecule has 4 aromatic carbocycles. The predicted molar refractivity (Wildman–Crippen MR) is 172 cm³/mol. The quantitative estimate of drug-likeness (QED) is 0.212. The highest BCUT2D eigenvalue weighted by atomic mass is 16.3. The molecular weight excluding hydrogens is 564 g/mol. The van der Waals surface area contributed by atoms with Crippen LogP contribution in [-0.4, -0.2) is 50.3 Å². The molecule has 0 aliphatic heterocycles. The van der Waals surface area contributed by atoms with Gasteiger partial charge in [-0.05, 0) is 53.1 Å². The molecule has 0 spiro atoms. The molecular formula is C38H40N2O5. The summed E-state index contributed by atoms with van der Waals surface area (Å²) in [6, 6.07) is 32.5. The lowest BCUT2D eigenvalue weighted by atomic mass is 9.74. The number of hydrogen-bond acceptors (Lipinski definition) is 5. The first-order valence-corrected chi connectivity index (χ1v) is 15.6. The van der Waals surface area contributed by atoms with E-state index in [0.717, 1.165) is 22.3 Å². The highest BCUT2D eigenvalue weighted by Crippen LogP contribution is 2.48. The maximum Gasteiger partial charge on any atom is 0.234 e. The van der Waals surface area contributed by atoms with E-state index in [0.29, 0.717) is 24.0 Å². The van der Waals surface area contributed by atoms with E-state index < -0.39 is 47.6 Å². The van der Waals surface area contributed by atoms with Crippen LogP contribution in [0.4, 0.5) is 0 Å². The van der Waals surface area contributed by atoms with Crippen molar-refractivity contribution in [3.05, 3.63) is 143 Å². The van der Waals surface area contributed by atoms with E-state index in [9.17, 15) is 20.1 Å². The highest BCUT2D eigenvalue weighted by Gasteiger charge is 2.51. The van der Waals surface area contributed by atoms with Crippen molar-refractivity contribution >= 4 is 11.8 Å². The van der Waals surface area contributed by atoms with Gasteiger partial charge in [-0.25, -0.2) is 0 Å². The van der Waals surface area contributed by atoms with Crippen LogP contribution in [0, 0.1) is 0 Å². The van der Waals surface area contributed by atoms with Crippen molar-refractivity contribution in [2.75, 3.05) is 0 Å². The molecule has 2 aliphatic carbocycles. The second-order valence-corrected chi connectivity index (χ2v) is 12.7. The number of primary amides is 1. The van der Waals surface area contributed by atoms with Gasteiger partial charge in [0.1, 0.15) is 0 Å². The molecule has 7 nitrogen and oxygen atoms in total. The molecule has 7 atom stereocenters. The summed E-state index contributed by atoms with van der Waals surface area (Å²) in [5.41, 5.74) is 9.54. The normalized spacial score (nSPS) is 22.9. The fourth-order valence-electron chi connectivity index (χ4n) is 7.55. The number of benzene rings is 4. The average molecular weight is 605 g/mol. The van der Waals surface area contributed by atoms with Crippen LogP contribution in [0.3, 0.4) is 0 Å². The maximum absolute atomic E-state index is 15.4. The lowest BCUT2D eigenvalue weighted by Gasteiger charge is -2.44. The van der Waals surface area contributed by atoms with E-state index in [4.69, 9.17) is 5.73 Å². The van der Waals surface area contributed by atoms with Crippen LogP contribution in [0.5, 0.6) is 0 Å². The summed E-state index contributed by atoms with van der Waals surface area (Å²) < 4.78 is 0. The molecule has 5 N–H and O–H groups in total. The number of fused-ring (bicyclic) bond motifs is 2. The first-order valence-electron chi connectivity index (χ1n) is 15.6. The number of nitrogens with zero attached hydrogens (tertiary/aromatic N) is 1. The van der Waals surface area contributed by atoms with E-state index in [1.54, 1.807) is 4.90 Å². The number of hydrogen-bond donors (Lipinski definition) is 4. The van der Waals surface area contributed by atoms with Crippen LogP contribution in [0.25, 0.3) is 0 Å². The summed E-state index contributed by atoms with van der Waals surface area (Å²) >= 11 is 0. The van der Waals surface area contributed by atoms with Crippen LogP contribution in [0.2, 0.25) is 0 Å². The van der Waals surface area contributed by atoms with Gasteiger partial charge in [0, 0.05) is 12.8 Å².